The molecular formula is C19H15Cl2N3O3S2. The number of carbonyl (C=O) groups excluding carboxylic acids is 2. The molecule has 150 valence electrons. The Morgan fingerprint density at radius 2 is 1.90 bits per heavy atom. The van der Waals surface area contributed by atoms with Gasteiger partial charge in [0.05, 0.1) is 28.5 Å². The lowest BCUT2D eigenvalue weighted by Crippen LogP contribution is -2.04. The van der Waals surface area contributed by atoms with E-state index in [4.69, 9.17) is 28.9 Å². The first-order valence-electron chi connectivity index (χ1n) is 8.20. The minimum absolute atomic E-state index is 0.0923. The van der Waals surface area contributed by atoms with Crippen molar-refractivity contribution in [3.05, 3.63) is 63.0 Å². The van der Waals surface area contributed by atoms with Crippen LogP contribution in [-0.2, 0) is 9.53 Å². The summed E-state index contributed by atoms with van der Waals surface area (Å²) in [6, 6.07) is 12.3. The molecule has 0 fully saturated rings. The van der Waals surface area contributed by atoms with E-state index in [1.807, 2.05) is 24.3 Å². The van der Waals surface area contributed by atoms with E-state index in [2.05, 4.69) is 15.0 Å². The van der Waals surface area contributed by atoms with Crippen LogP contribution < -0.4 is 11.1 Å². The van der Waals surface area contributed by atoms with Crippen molar-refractivity contribution >= 4 is 74.7 Å². The number of nitrogens with two attached hydrogens (primary N) is 1. The second-order valence-corrected chi connectivity index (χ2v) is 8.54. The zero-order valence-corrected chi connectivity index (χ0v) is 18.2. The van der Waals surface area contributed by atoms with E-state index in [1.54, 1.807) is 18.2 Å². The van der Waals surface area contributed by atoms with E-state index in [9.17, 15) is 9.59 Å². The zero-order valence-electron chi connectivity index (χ0n) is 15.1. The fraction of sp³-hybridized carbons (Fsp3) is 0.105. The molecule has 0 aliphatic heterocycles. The molecule has 0 saturated heterocycles. The van der Waals surface area contributed by atoms with E-state index < -0.39 is 0 Å². The molecule has 0 spiro atoms. The highest BCUT2D eigenvalue weighted by Crippen LogP contribution is 2.34. The first-order valence-corrected chi connectivity index (χ1v) is 10.8. The average Bonchev–Trinajstić information content (AvgIpc) is 3.06. The summed E-state index contributed by atoms with van der Waals surface area (Å²) in [6.07, 6.45) is 0. The second kappa shape index (κ2) is 9.49. The Hall–Kier alpha value is -2.26. The lowest BCUT2D eigenvalue weighted by atomic mass is 10.1. The van der Waals surface area contributed by atoms with E-state index >= 15 is 0 Å². The third kappa shape index (κ3) is 5.22. The first-order chi connectivity index (χ1) is 13.9. The molecule has 0 unspecified atom stereocenters. The number of nitrogen functional groups attached to an aromatic ring is 1. The molecule has 2 aromatic carbocycles. The van der Waals surface area contributed by atoms with Gasteiger partial charge in [0.2, 0.25) is 5.78 Å². The number of ketones is 1. The molecule has 0 radical (unpaired) electrons. The molecule has 0 saturated carbocycles. The number of methoxy groups -OCH3 is 1. The van der Waals surface area contributed by atoms with Crippen LogP contribution in [0.4, 0.5) is 16.6 Å². The van der Waals surface area contributed by atoms with Gasteiger partial charge in [-0.1, -0.05) is 46.7 Å². The van der Waals surface area contributed by atoms with Crippen LogP contribution in [-0.4, -0.2) is 29.6 Å². The Bertz CT molecular complexity index is 1050. The molecule has 0 aliphatic rings. The van der Waals surface area contributed by atoms with Gasteiger partial charge in [0, 0.05) is 10.6 Å². The number of halogens is 2. The summed E-state index contributed by atoms with van der Waals surface area (Å²) in [4.78, 5) is 29.5. The number of esters is 1. The van der Waals surface area contributed by atoms with E-state index in [1.165, 1.54) is 18.9 Å². The Morgan fingerprint density at radius 3 is 2.59 bits per heavy atom. The summed E-state index contributed by atoms with van der Waals surface area (Å²) in [6.45, 7) is 0. The minimum atomic E-state index is -0.383. The van der Waals surface area contributed by atoms with Gasteiger partial charge in [-0.15, -0.1) is 11.8 Å². The second-order valence-electron chi connectivity index (χ2n) is 5.68. The van der Waals surface area contributed by atoms with Crippen LogP contribution in [0, 0.1) is 0 Å². The third-order valence-corrected chi connectivity index (χ3v) is 6.30. The number of aromatic nitrogens is 1. The number of hydrogen-bond acceptors (Lipinski definition) is 8. The van der Waals surface area contributed by atoms with Crippen molar-refractivity contribution in [2.45, 2.75) is 4.90 Å². The number of hydrogen-bond donors (Lipinski definition) is 2. The fourth-order valence-electron chi connectivity index (χ4n) is 2.36. The number of anilines is 3. The van der Waals surface area contributed by atoms with Crippen molar-refractivity contribution in [1.29, 1.82) is 0 Å². The number of carbonyl (C=O) groups is 2. The fourth-order valence-corrected chi connectivity index (χ4v) is 4.57. The monoisotopic (exact) mass is 467 g/mol. The Kier molecular flexibility index (Phi) is 7.02. The maximum Gasteiger partial charge on any atom is 0.315 e. The maximum absolute atomic E-state index is 12.9. The Balaban J connectivity index is 1.79. The highest BCUT2D eigenvalue weighted by atomic mass is 35.5. The molecular weight excluding hydrogens is 453 g/mol. The highest BCUT2D eigenvalue weighted by Gasteiger charge is 2.22. The van der Waals surface area contributed by atoms with Crippen molar-refractivity contribution < 1.29 is 14.3 Å². The van der Waals surface area contributed by atoms with Crippen molar-refractivity contribution in [2.24, 2.45) is 0 Å². The Labute approximate surface area is 185 Å². The number of rotatable bonds is 7. The van der Waals surface area contributed by atoms with Crippen LogP contribution in [0.1, 0.15) is 15.2 Å². The molecule has 0 aliphatic carbocycles. The van der Waals surface area contributed by atoms with Crippen LogP contribution in [0.3, 0.4) is 0 Å². The van der Waals surface area contributed by atoms with E-state index in [0.717, 1.165) is 21.9 Å². The van der Waals surface area contributed by atoms with Gasteiger partial charge in [-0.05, 0) is 30.3 Å². The summed E-state index contributed by atoms with van der Waals surface area (Å²) in [5, 5.41) is 4.07. The number of benzene rings is 2. The molecule has 3 aromatic rings. The van der Waals surface area contributed by atoms with Gasteiger partial charge in [-0.2, -0.15) is 0 Å². The number of thiazole rings is 1. The molecule has 1 aromatic heterocycles. The van der Waals surface area contributed by atoms with Crippen LogP contribution in [0.5, 0.6) is 0 Å². The largest absolute Gasteiger partial charge is 0.468 e. The highest BCUT2D eigenvalue weighted by molar-refractivity contribution is 8.00. The molecule has 3 N–H and O–H groups in total. The van der Waals surface area contributed by atoms with Crippen LogP contribution in [0.2, 0.25) is 10.0 Å². The Morgan fingerprint density at radius 1 is 1.21 bits per heavy atom. The van der Waals surface area contributed by atoms with Gasteiger partial charge < -0.3 is 15.8 Å². The number of thioether (sulfide) groups is 1. The topological polar surface area (TPSA) is 94.3 Å². The van der Waals surface area contributed by atoms with Gasteiger partial charge in [-0.3, -0.25) is 9.59 Å². The third-order valence-electron chi connectivity index (χ3n) is 3.72. The van der Waals surface area contributed by atoms with Crippen molar-refractivity contribution in [3.63, 3.8) is 0 Å². The maximum atomic E-state index is 12.9. The normalized spacial score (nSPS) is 10.6. The molecule has 29 heavy (non-hydrogen) atoms. The van der Waals surface area contributed by atoms with Crippen molar-refractivity contribution in [1.82, 2.24) is 4.98 Å². The summed E-state index contributed by atoms with van der Waals surface area (Å²) in [7, 11) is 1.35. The summed E-state index contributed by atoms with van der Waals surface area (Å²) < 4.78 is 4.64. The molecule has 10 heteroatoms. The lowest BCUT2D eigenvalue weighted by molar-refractivity contribution is -0.137. The number of nitrogens with one attached hydrogen (secondary N) is 1. The van der Waals surface area contributed by atoms with Crippen LogP contribution in [0.25, 0.3) is 0 Å². The van der Waals surface area contributed by atoms with Crippen LogP contribution in [0.15, 0.2) is 47.4 Å². The van der Waals surface area contributed by atoms with Gasteiger partial charge in [0.1, 0.15) is 10.7 Å². The molecule has 3 rings (SSSR count). The average molecular weight is 468 g/mol. The number of nitrogens with zero attached hydrogens (tertiary/aromatic N) is 1. The molecule has 1 heterocycles. The van der Waals surface area contributed by atoms with E-state index in [-0.39, 0.29) is 43.8 Å². The quantitative estimate of drug-likeness (QED) is 0.277. The SMILES string of the molecule is COC(=O)CSc1cccc(Nc2nc(N)c(C(=O)c3c(Cl)cccc3Cl)s2)c1. The number of ether oxygens (including phenoxy) is 1. The standard InChI is InChI=1S/C19H15Cl2N3O3S2/c1-27-14(25)9-28-11-5-2-4-10(8-11)23-19-24-18(22)17(29-19)16(26)15-12(20)6-3-7-13(15)21/h2-8H,9,22H2,1H3,(H,23,24). The van der Waals surface area contributed by atoms with Gasteiger partial charge in [0.25, 0.3) is 0 Å². The predicted molar refractivity (Wildman–Crippen MR) is 119 cm³/mol. The van der Waals surface area contributed by atoms with Crippen molar-refractivity contribution in [2.75, 3.05) is 23.9 Å². The predicted octanol–water partition coefficient (Wildman–Crippen LogP) is 5.27. The zero-order chi connectivity index (χ0) is 21.0. The molecule has 0 atom stereocenters. The van der Waals surface area contributed by atoms with Crippen molar-refractivity contribution in [3.8, 4) is 0 Å². The van der Waals surface area contributed by atoms with E-state index in [0.29, 0.717) is 5.13 Å². The van der Waals surface area contributed by atoms with Gasteiger partial charge >= 0.3 is 5.97 Å². The van der Waals surface area contributed by atoms with Gasteiger partial charge in [0.15, 0.2) is 5.13 Å². The first kappa shape index (κ1) is 21.4. The minimum Gasteiger partial charge on any atom is -0.468 e. The summed E-state index contributed by atoms with van der Waals surface area (Å²) in [5.74, 6) is -0.385. The molecule has 0 amide bonds. The lowest BCUT2D eigenvalue weighted by Gasteiger charge is -2.05. The summed E-state index contributed by atoms with van der Waals surface area (Å²) in [5.41, 5.74) is 6.89. The molecule has 6 nitrogen and oxygen atoms in total. The van der Waals surface area contributed by atoms with Gasteiger partial charge in [-0.25, -0.2) is 4.98 Å². The summed E-state index contributed by atoms with van der Waals surface area (Å²) >= 11 is 14.7. The smallest absolute Gasteiger partial charge is 0.315 e. The molecule has 0 bridgehead atoms. The van der Waals surface area contributed by atoms with Crippen LogP contribution >= 0.6 is 46.3 Å².